The van der Waals surface area contributed by atoms with Gasteiger partial charge in [-0.3, -0.25) is 0 Å². The summed E-state index contributed by atoms with van der Waals surface area (Å²) in [6.07, 6.45) is 22.1. The van der Waals surface area contributed by atoms with Crippen LogP contribution in [-0.4, -0.2) is 81.0 Å². The van der Waals surface area contributed by atoms with Gasteiger partial charge in [0.15, 0.2) is 11.4 Å². The summed E-state index contributed by atoms with van der Waals surface area (Å²) in [4.78, 5) is 0. The maximum absolute atomic E-state index is 11.2. The number of aliphatic hydroxyl groups excluding tert-OH is 4. The summed E-state index contributed by atoms with van der Waals surface area (Å²) >= 11 is 5.82. The molecule has 0 spiro atoms. The smallest absolute Gasteiger partial charge is 0.167 e. The van der Waals surface area contributed by atoms with Crippen molar-refractivity contribution in [1.82, 2.24) is 10.6 Å². The molecular weight excluding hydrogens is 576 g/mol. The maximum atomic E-state index is 11.2. The molecule has 5 fully saturated rings. The lowest BCUT2D eigenvalue weighted by Gasteiger charge is -2.57. The minimum atomic E-state index is -1.16. The second-order valence-corrected chi connectivity index (χ2v) is 15.0. The van der Waals surface area contributed by atoms with Gasteiger partial charge in [-0.1, -0.05) is 83.3 Å². The highest BCUT2D eigenvalue weighted by Gasteiger charge is 2.51. The average Bonchev–Trinajstić information content (AvgIpc) is 2.98. The number of aliphatic hydroxyl groups is 4. The van der Waals surface area contributed by atoms with E-state index in [1.807, 2.05) is 6.08 Å². The van der Waals surface area contributed by atoms with Crippen LogP contribution >= 0.6 is 12.2 Å². The zero-order valence-corrected chi connectivity index (χ0v) is 28.0. The first kappa shape index (κ1) is 36.0. The van der Waals surface area contributed by atoms with E-state index >= 15 is 0 Å². The maximum Gasteiger partial charge on any atom is 0.167 e. The molecule has 1 heterocycles. The third kappa shape index (κ3) is 11.2. The molecule has 5 rings (SSSR count). The topological polar surface area (TPSA) is 123 Å². The summed E-state index contributed by atoms with van der Waals surface area (Å²) < 4.78 is 11.7. The van der Waals surface area contributed by atoms with Crippen LogP contribution in [0.1, 0.15) is 129 Å². The summed E-state index contributed by atoms with van der Waals surface area (Å²) in [6.45, 7) is 1.94. The Kier molecular flexibility index (Phi) is 15.2. The molecule has 4 aliphatic carbocycles. The molecule has 0 aromatic heterocycles. The first-order valence-electron chi connectivity index (χ1n) is 18.0. The molecule has 6 atom stereocenters. The SMILES string of the molecule is CCCCCCCCCCCCC/C=C\C(O)C(CO[C@H]1CC(O)[C@H](O)C(CO)O1)NC(=S)NC12CC3CC(CC(C3)C1)C2. The number of thiocarbonyl (C=S) groups is 1. The zero-order valence-electron chi connectivity index (χ0n) is 27.2. The number of unbranched alkanes of at least 4 members (excludes halogenated alkanes) is 11. The normalized spacial score (nSPS) is 34.3. The molecule has 1 aliphatic heterocycles. The summed E-state index contributed by atoms with van der Waals surface area (Å²) in [6, 6.07) is -0.516. The van der Waals surface area contributed by atoms with Gasteiger partial charge in [0.05, 0.1) is 31.5 Å². The molecule has 0 aromatic rings. The van der Waals surface area contributed by atoms with Crippen LogP contribution in [-0.2, 0) is 9.47 Å². The van der Waals surface area contributed by atoms with Crippen LogP contribution in [0.4, 0.5) is 0 Å². The summed E-state index contributed by atoms with van der Waals surface area (Å²) in [7, 11) is 0. The van der Waals surface area contributed by atoms with Crippen molar-refractivity contribution in [3.8, 4) is 0 Å². The molecule has 4 saturated carbocycles. The van der Waals surface area contributed by atoms with Gasteiger partial charge in [0.2, 0.25) is 0 Å². The lowest BCUT2D eigenvalue weighted by atomic mass is 9.53. The quantitative estimate of drug-likeness (QED) is 0.0603. The van der Waals surface area contributed by atoms with Crippen molar-refractivity contribution in [1.29, 1.82) is 0 Å². The molecule has 4 bridgehead atoms. The highest BCUT2D eigenvalue weighted by molar-refractivity contribution is 7.80. The Balaban J connectivity index is 1.22. The highest BCUT2D eigenvalue weighted by atomic mass is 32.1. The lowest BCUT2D eigenvalue weighted by Crippen LogP contribution is -2.63. The van der Waals surface area contributed by atoms with E-state index in [0.29, 0.717) is 5.11 Å². The fourth-order valence-corrected chi connectivity index (χ4v) is 8.98. The first-order valence-corrected chi connectivity index (χ1v) is 18.4. The van der Waals surface area contributed by atoms with Gasteiger partial charge in [0.25, 0.3) is 0 Å². The van der Waals surface area contributed by atoms with Crippen molar-refractivity contribution in [2.45, 2.75) is 171 Å². The Morgan fingerprint density at radius 1 is 0.909 bits per heavy atom. The molecule has 9 heteroatoms. The number of hydrogen-bond acceptors (Lipinski definition) is 7. The largest absolute Gasteiger partial charge is 0.394 e. The van der Waals surface area contributed by atoms with Gasteiger partial charge < -0.3 is 40.5 Å². The average molecular weight is 639 g/mol. The number of nitrogens with one attached hydrogen (secondary N) is 2. The molecule has 8 nitrogen and oxygen atoms in total. The van der Waals surface area contributed by atoms with Crippen LogP contribution in [0.25, 0.3) is 0 Å². The molecular formula is C35H62N2O6S. The van der Waals surface area contributed by atoms with Crippen LogP contribution < -0.4 is 10.6 Å². The van der Waals surface area contributed by atoms with Gasteiger partial charge in [-0.15, -0.1) is 0 Å². The van der Waals surface area contributed by atoms with Crippen molar-refractivity contribution in [3.63, 3.8) is 0 Å². The molecule has 4 unspecified atom stereocenters. The minimum Gasteiger partial charge on any atom is -0.394 e. The third-order valence-corrected chi connectivity index (χ3v) is 10.9. The van der Waals surface area contributed by atoms with Crippen molar-refractivity contribution in [3.05, 3.63) is 12.2 Å². The van der Waals surface area contributed by atoms with Crippen LogP contribution in [0.15, 0.2) is 12.2 Å². The van der Waals surface area contributed by atoms with Crippen LogP contribution in [0.5, 0.6) is 0 Å². The van der Waals surface area contributed by atoms with E-state index in [1.165, 1.54) is 103 Å². The number of ether oxygens (including phenoxy) is 2. The van der Waals surface area contributed by atoms with Gasteiger partial charge in [0, 0.05) is 12.0 Å². The molecule has 0 amide bonds. The van der Waals surface area contributed by atoms with Crippen molar-refractivity contribution in [2.75, 3.05) is 13.2 Å². The van der Waals surface area contributed by atoms with E-state index in [9.17, 15) is 20.4 Å². The van der Waals surface area contributed by atoms with Gasteiger partial charge in [0.1, 0.15) is 12.2 Å². The molecule has 6 N–H and O–H groups in total. The summed E-state index contributed by atoms with van der Waals surface area (Å²) in [5, 5.41) is 48.6. The first-order chi connectivity index (χ1) is 21.3. The Hall–Kier alpha value is -0.810. The second-order valence-electron chi connectivity index (χ2n) is 14.6. The Morgan fingerprint density at radius 2 is 1.48 bits per heavy atom. The van der Waals surface area contributed by atoms with Gasteiger partial charge in [-0.25, -0.2) is 0 Å². The summed E-state index contributed by atoms with van der Waals surface area (Å²) in [5.41, 5.74) is 0.0567. The predicted octanol–water partition coefficient (Wildman–Crippen LogP) is 5.25. The van der Waals surface area contributed by atoms with E-state index in [2.05, 4.69) is 23.6 Å². The Morgan fingerprint density at radius 3 is 2.05 bits per heavy atom. The van der Waals surface area contributed by atoms with Crippen molar-refractivity contribution in [2.24, 2.45) is 17.8 Å². The molecule has 1 saturated heterocycles. The monoisotopic (exact) mass is 638 g/mol. The van der Waals surface area contributed by atoms with Crippen LogP contribution in [0, 0.1) is 17.8 Å². The fourth-order valence-electron chi connectivity index (χ4n) is 8.62. The van der Waals surface area contributed by atoms with Crippen molar-refractivity contribution < 1.29 is 29.9 Å². The van der Waals surface area contributed by atoms with Crippen LogP contribution in [0.2, 0.25) is 0 Å². The second kappa shape index (κ2) is 18.5. The van der Waals surface area contributed by atoms with Gasteiger partial charge in [-0.05, 0) is 81.3 Å². The molecule has 0 aromatic carbocycles. The molecule has 44 heavy (non-hydrogen) atoms. The van der Waals surface area contributed by atoms with Gasteiger partial charge in [-0.2, -0.15) is 0 Å². The van der Waals surface area contributed by atoms with E-state index < -0.39 is 43.4 Å². The zero-order chi connectivity index (χ0) is 31.4. The number of hydrogen-bond donors (Lipinski definition) is 6. The fraction of sp³-hybridized carbons (Fsp3) is 0.914. The van der Waals surface area contributed by atoms with Gasteiger partial charge >= 0.3 is 0 Å². The summed E-state index contributed by atoms with van der Waals surface area (Å²) in [5.74, 6) is 2.39. The molecule has 0 radical (unpaired) electrons. The van der Waals surface area contributed by atoms with E-state index in [1.54, 1.807) is 0 Å². The van der Waals surface area contributed by atoms with E-state index in [0.717, 1.165) is 30.6 Å². The predicted molar refractivity (Wildman–Crippen MR) is 178 cm³/mol. The Labute approximate surface area is 271 Å². The minimum absolute atomic E-state index is 0.0567. The van der Waals surface area contributed by atoms with Crippen LogP contribution in [0.3, 0.4) is 0 Å². The molecule has 5 aliphatic rings. The number of allylic oxidation sites excluding steroid dienone is 1. The highest BCUT2D eigenvalue weighted by Crippen LogP contribution is 2.55. The van der Waals surface area contributed by atoms with E-state index in [4.69, 9.17) is 21.7 Å². The third-order valence-electron chi connectivity index (χ3n) is 10.6. The molecule has 254 valence electrons. The Bertz CT molecular complexity index is 839. The van der Waals surface area contributed by atoms with Crippen molar-refractivity contribution >= 4 is 17.3 Å². The lowest BCUT2D eigenvalue weighted by molar-refractivity contribution is -0.258. The van der Waals surface area contributed by atoms with E-state index in [-0.39, 0.29) is 18.6 Å². The number of rotatable bonds is 20. The standard InChI is InChI=1S/C35H62N2O6S/c1-2-3-4-5-6-7-8-9-10-11-12-13-14-15-29(39)28(24-42-32-19-30(40)33(41)31(23-38)43-32)36-34(44)37-35-20-25-16-26(21-35)18-27(17-25)22-35/h14-15,25-33,38-41H,2-13,16-24H2,1H3,(H2,36,37,44)/b15-14-/t25?,26?,27?,28?,29?,30?,31?,32-,33+,35?/m1/s1.